The van der Waals surface area contributed by atoms with E-state index in [4.69, 9.17) is 17.3 Å². The van der Waals surface area contributed by atoms with Gasteiger partial charge in [0, 0.05) is 17.2 Å². The second-order valence-electron chi connectivity index (χ2n) is 4.10. The van der Waals surface area contributed by atoms with Crippen LogP contribution in [0.2, 0.25) is 5.02 Å². The average molecular weight is 328 g/mol. The lowest BCUT2D eigenvalue weighted by molar-refractivity contribution is -0.384. The van der Waals surface area contributed by atoms with Crippen LogP contribution in [0.3, 0.4) is 0 Å². The highest BCUT2D eigenvalue weighted by atomic mass is 35.5. The molecular weight excluding hydrogens is 318 g/mol. The van der Waals surface area contributed by atoms with Crippen LogP contribution in [0, 0.1) is 10.1 Å². The molecule has 0 atom stereocenters. The summed E-state index contributed by atoms with van der Waals surface area (Å²) in [6, 6.07) is 9.28. The first-order chi connectivity index (χ1) is 9.79. The van der Waals surface area contributed by atoms with E-state index < -0.39 is 14.9 Å². The van der Waals surface area contributed by atoms with Crippen LogP contribution in [0.25, 0.3) is 0 Å². The summed E-state index contributed by atoms with van der Waals surface area (Å²) in [7, 11) is -3.96. The molecule has 0 saturated heterocycles. The minimum atomic E-state index is -3.96. The average Bonchev–Trinajstić information content (AvgIpc) is 2.37. The molecule has 110 valence electrons. The van der Waals surface area contributed by atoms with Crippen LogP contribution in [0.4, 0.5) is 17.1 Å². The molecule has 0 spiro atoms. The van der Waals surface area contributed by atoms with E-state index in [0.29, 0.717) is 5.02 Å². The molecule has 0 fully saturated rings. The molecule has 0 bridgehead atoms. The van der Waals surface area contributed by atoms with Gasteiger partial charge in [0.15, 0.2) is 0 Å². The molecule has 9 heteroatoms. The number of halogens is 1. The summed E-state index contributed by atoms with van der Waals surface area (Å²) < 4.78 is 26.7. The fraction of sp³-hybridized carbons (Fsp3) is 0. The Bertz CT molecular complexity index is 808. The molecule has 0 radical (unpaired) electrons. The van der Waals surface area contributed by atoms with Crippen molar-refractivity contribution in [3.63, 3.8) is 0 Å². The molecule has 2 aromatic rings. The number of sulfonamides is 1. The van der Waals surface area contributed by atoms with Crippen molar-refractivity contribution in [1.29, 1.82) is 0 Å². The third-order valence-corrected chi connectivity index (χ3v) is 4.26. The van der Waals surface area contributed by atoms with Gasteiger partial charge in [0.2, 0.25) is 0 Å². The van der Waals surface area contributed by atoms with Gasteiger partial charge in [-0.05, 0) is 24.3 Å². The molecule has 7 nitrogen and oxygen atoms in total. The van der Waals surface area contributed by atoms with E-state index in [9.17, 15) is 18.5 Å². The van der Waals surface area contributed by atoms with Crippen LogP contribution < -0.4 is 10.5 Å². The van der Waals surface area contributed by atoms with E-state index in [1.54, 1.807) is 12.1 Å². The summed E-state index contributed by atoms with van der Waals surface area (Å²) >= 11 is 5.77. The first-order valence-corrected chi connectivity index (χ1v) is 7.48. The summed E-state index contributed by atoms with van der Waals surface area (Å²) in [6.45, 7) is 0. The number of anilines is 2. The Kier molecular flexibility index (Phi) is 4.01. The number of benzene rings is 2. The maximum absolute atomic E-state index is 12.2. The van der Waals surface area contributed by atoms with Crippen molar-refractivity contribution >= 4 is 38.7 Å². The smallest absolute Gasteiger partial charge is 0.271 e. The zero-order chi connectivity index (χ0) is 15.6. The van der Waals surface area contributed by atoms with Crippen molar-refractivity contribution < 1.29 is 13.3 Å². The largest absolute Gasteiger partial charge is 0.397 e. The number of nitrogens with two attached hydrogens (primary N) is 1. The minimum absolute atomic E-state index is 0.210. The molecule has 21 heavy (non-hydrogen) atoms. The summed E-state index contributed by atoms with van der Waals surface area (Å²) in [5.41, 5.74) is 5.35. The van der Waals surface area contributed by atoms with Crippen LogP contribution in [0.15, 0.2) is 47.4 Å². The Balaban J connectivity index is 2.38. The summed E-state index contributed by atoms with van der Waals surface area (Å²) in [4.78, 5) is 9.71. The Labute approximate surface area is 125 Å². The summed E-state index contributed by atoms with van der Waals surface area (Å²) in [5, 5.41) is 11.0. The van der Waals surface area contributed by atoms with Gasteiger partial charge >= 0.3 is 0 Å². The number of nitro groups is 1. The number of nitro benzene ring substituents is 1. The van der Waals surface area contributed by atoms with Crippen molar-refractivity contribution in [1.82, 2.24) is 0 Å². The number of non-ortho nitro benzene ring substituents is 1. The van der Waals surface area contributed by atoms with E-state index in [1.165, 1.54) is 12.1 Å². The number of rotatable bonds is 4. The van der Waals surface area contributed by atoms with Gasteiger partial charge in [-0.1, -0.05) is 17.7 Å². The standard InChI is InChI=1S/C12H10ClN3O4S/c13-8-2-1-3-9(6-8)15-21(19,20)12-5-4-10(16(17)18)7-11(12)14/h1-7,15H,14H2. The Morgan fingerprint density at radius 3 is 2.48 bits per heavy atom. The van der Waals surface area contributed by atoms with E-state index in [1.807, 2.05) is 0 Å². The van der Waals surface area contributed by atoms with Crippen LogP contribution in [0.1, 0.15) is 0 Å². The Hall–Kier alpha value is -2.32. The summed E-state index contributed by atoms with van der Waals surface area (Å²) in [5.74, 6) is 0. The molecule has 0 heterocycles. The van der Waals surface area contributed by atoms with E-state index in [-0.39, 0.29) is 22.0 Å². The summed E-state index contributed by atoms with van der Waals surface area (Å²) in [6.07, 6.45) is 0. The fourth-order valence-electron chi connectivity index (χ4n) is 1.66. The van der Waals surface area contributed by atoms with Crippen LogP contribution in [-0.4, -0.2) is 13.3 Å². The number of hydrogen-bond donors (Lipinski definition) is 2. The quantitative estimate of drug-likeness (QED) is 0.508. The predicted molar refractivity (Wildman–Crippen MR) is 79.8 cm³/mol. The van der Waals surface area contributed by atoms with Crippen molar-refractivity contribution in [3.05, 3.63) is 57.6 Å². The number of nitrogens with one attached hydrogen (secondary N) is 1. The predicted octanol–water partition coefficient (Wildman–Crippen LogP) is 2.63. The molecular formula is C12H10ClN3O4S. The third-order valence-electron chi connectivity index (χ3n) is 2.57. The topological polar surface area (TPSA) is 115 Å². The molecule has 0 unspecified atom stereocenters. The Morgan fingerprint density at radius 1 is 1.19 bits per heavy atom. The van der Waals surface area contributed by atoms with Crippen molar-refractivity contribution in [2.24, 2.45) is 0 Å². The van der Waals surface area contributed by atoms with Gasteiger partial charge in [-0.3, -0.25) is 14.8 Å². The first kappa shape index (κ1) is 15.1. The lowest BCUT2D eigenvalue weighted by atomic mass is 10.3. The van der Waals surface area contributed by atoms with Crippen LogP contribution in [0.5, 0.6) is 0 Å². The van der Waals surface area contributed by atoms with Gasteiger partial charge in [0.1, 0.15) is 4.90 Å². The van der Waals surface area contributed by atoms with E-state index >= 15 is 0 Å². The van der Waals surface area contributed by atoms with Gasteiger partial charge in [0.25, 0.3) is 15.7 Å². The molecule has 0 aliphatic heterocycles. The molecule has 2 aromatic carbocycles. The number of hydrogen-bond acceptors (Lipinski definition) is 5. The lowest BCUT2D eigenvalue weighted by Crippen LogP contribution is -2.14. The van der Waals surface area contributed by atoms with Gasteiger partial charge in [-0.25, -0.2) is 8.42 Å². The van der Waals surface area contributed by atoms with Crippen LogP contribution >= 0.6 is 11.6 Å². The minimum Gasteiger partial charge on any atom is -0.397 e. The van der Waals surface area contributed by atoms with Crippen molar-refractivity contribution in [2.45, 2.75) is 4.90 Å². The molecule has 3 N–H and O–H groups in total. The Morgan fingerprint density at radius 2 is 1.90 bits per heavy atom. The molecule has 0 aliphatic rings. The fourth-order valence-corrected chi connectivity index (χ4v) is 3.01. The number of nitrogen functional groups attached to an aromatic ring is 1. The second kappa shape index (κ2) is 5.58. The molecule has 0 amide bonds. The maximum Gasteiger partial charge on any atom is 0.271 e. The molecule has 0 saturated carbocycles. The zero-order valence-corrected chi connectivity index (χ0v) is 12.1. The normalized spacial score (nSPS) is 11.1. The highest BCUT2D eigenvalue weighted by Gasteiger charge is 2.20. The van der Waals surface area contributed by atoms with Gasteiger partial charge in [0.05, 0.1) is 16.3 Å². The maximum atomic E-state index is 12.2. The SMILES string of the molecule is Nc1cc([N+](=O)[O-])ccc1S(=O)(=O)Nc1cccc(Cl)c1. The number of nitrogens with zero attached hydrogens (tertiary/aromatic N) is 1. The van der Waals surface area contributed by atoms with Gasteiger partial charge in [-0.2, -0.15) is 0 Å². The lowest BCUT2D eigenvalue weighted by Gasteiger charge is -2.10. The van der Waals surface area contributed by atoms with Gasteiger partial charge < -0.3 is 5.73 Å². The molecule has 2 rings (SSSR count). The van der Waals surface area contributed by atoms with Crippen molar-refractivity contribution in [3.8, 4) is 0 Å². The highest BCUT2D eigenvalue weighted by Crippen LogP contribution is 2.26. The third kappa shape index (κ3) is 3.41. The van der Waals surface area contributed by atoms with E-state index in [0.717, 1.165) is 18.2 Å². The van der Waals surface area contributed by atoms with E-state index in [2.05, 4.69) is 4.72 Å². The monoisotopic (exact) mass is 327 g/mol. The van der Waals surface area contributed by atoms with Crippen LogP contribution in [-0.2, 0) is 10.0 Å². The zero-order valence-electron chi connectivity index (χ0n) is 10.5. The first-order valence-electron chi connectivity index (χ1n) is 5.62. The second-order valence-corrected chi connectivity index (χ2v) is 6.18. The van der Waals surface area contributed by atoms with Crippen molar-refractivity contribution in [2.75, 3.05) is 10.5 Å². The van der Waals surface area contributed by atoms with Gasteiger partial charge in [-0.15, -0.1) is 0 Å². The highest BCUT2D eigenvalue weighted by molar-refractivity contribution is 7.92. The molecule has 0 aromatic heterocycles. The molecule has 0 aliphatic carbocycles.